The van der Waals surface area contributed by atoms with Crippen LogP contribution in [0.25, 0.3) is 6.08 Å². The first-order valence-corrected chi connectivity index (χ1v) is 14.3. The van der Waals surface area contributed by atoms with Crippen molar-refractivity contribution in [2.75, 3.05) is 6.54 Å². The highest BCUT2D eigenvalue weighted by Gasteiger charge is 2.43. The van der Waals surface area contributed by atoms with Crippen LogP contribution in [0.3, 0.4) is 0 Å². The van der Waals surface area contributed by atoms with Crippen molar-refractivity contribution >= 4 is 12.0 Å². The zero-order valence-corrected chi connectivity index (χ0v) is 22.7. The first-order chi connectivity index (χ1) is 18.3. The van der Waals surface area contributed by atoms with Gasteiger partial charge in [-0.2, -0.15) is 0 Å². The number of hydrogen-bond donors (Lipinski definition) is 1. The van der Waals surface area contributed by atoms with E-state index in [0.717, 1.165) is 43.0 Å². The molecule has 3 atom stereocenters. The Morgan fingerprint density at radius 2 is 1.74 bits per heavy atom. The van der Waals surface area contributed by atoms with Crippen molar-refractivity contribution in [1.29, 1.82) is 0 Å². The minimum absolute atomic E-state index is 0.0817. The van der Waals surface area contributed by atoms with E-state index in [1.54, 1.807) is 0 Å². The molecule has 2 saturated heterocycles. The molecule has 1 amide bonds. The minimum Gasteiger partial charge on any atom is -0.349 e. The molecule has 1 aromatic heterocycles. The van der Waals surface area contributed by atoms with Crippen molar-refractivity contribution < 1.29 is 13.6 Å². The Kier molecular flexibility index (Phi) is 7.98. The van der Waals surface area contributed by atoms with Gasteiger partial charge in [0.15, 0.2) is 5.82 Å². The van der Waals surface area contributed by atoms with Gasteiger partial charge in [0.1, 0.15) is 5.82 Å². The number of carbonyl (C=O) groups excluding carboxylic acids is 1. The third-order valence-electron chi connectivity index (χ3n) is 8.95. The predicted octanol–water partition coefficient (Wildman–Crippen LogP) is 6.29. The van der Waals surface area contributed by atoms with Crippen LogP contribution in [-0.4, -0.2) is 50.1 Å². The van der Waals surface area contributed by atoms with Gasteiger partial charge in [-0.05, 0) is 56.6 Å². The minimum atomic E-state index is -2.63. The van der Waals surface area contributed by atoms with Crippen LogP contribution in [-0.2, 0) is 4.79 Å². The van der Waals surface area contributed by atoms with Crippen LogP contribution in [0.4, 0.5) is 8.78 Å². The number of halogens is 2. The Labute approximate surface area is 224 Å². The Hall–Kier alpha value is -2.61. The summed E-state index contributed by atoms with van der Waals surface area (Å²) in [7, 11) is 0. The second kappa shape index (κ2) is 11.2. The average molecular weight is 526 g/mol. The highest BCUT2D eigenvalue weighted by molar-refractivity contribution is 5.79. The van der Waals surface area contributed by atoms with E-state index >= 15 is 0 Å². The second-order valence-corrected chi connectivity index (χ2v) is 11.8. The molecule has 6 nitrogen and oxygen atoms in total. The number of hydrogen-bond acceptors (Lipinski definition) is 4. The van der Waals surface area contributed by atoms with Crippen molar-refractivity contribution in [2.24, 2.45) is 5.92 Å². The summed E-state index contributed by atoms with van der Waals surface area (Å²) >= 11 is 0. The smallest absolute Gasteiger partial charge is 0.248 e. The summed E-state index contributed by atoms with van der Waals surface area (Å²) in [4.78, 5) is 15.8. The van der Waals surface area contributed by atoms with Gasteiger partial charge in [0.2, 0.25) is 11.8 Å². The Balaban J connectivity index is 1.25. The molecule has 3 aliphatic rings. The van der Waals surface area contributed by atoms with Crippen LogP contribution < -0.4 is 5.32 Å². The first kappa shape index (κ1) is 27.0. The van der Waals surface area contributed by atoms with Gasteiger partial charge in [0.05, 0.1) is 6.04 Å². The number of fused-ring (bicyclic) bond motifs is 2. The topological polar surface area (TPSA) is 63.1 Å². The van der Waals surface area contributed by atoms with Crippen molar-refractivity contribution in [1.82, 2.24) is 25.0 Å². The number of amides is 1. The van der Waals surface area contributed by atoms with Crippen LogP contribution >= 0.6 is 0 Å². The molecule has 0 radical (unpaired) electrons. The van der Waals surface area contributed by atoms with E-state index in [9.17, 15) is 13.6 Å². The van der Waals surface area contributed by atoms with E-state index in [4.69, 9.17) is 0 Å². The predicted molar refractivity (Wildman–Crippen MR) is 145 cm³/mol. The molecule has 8 heteroatoms. The molecule has 3 fully saturated rings. The Morgan fingerprint density at radius 1 is 1.08 bits per heavy atom. The molecule has 2 bridgehead atoms. The quantitative estimate of drug-likeness (QED) is 0.418. The number of nitrogens with one attached hydrogen (secondary N) is 1. The maximum absolute atomic E-state index is 13.6. The third-order valence-corrected chi connectivity index (χ3v) is 8.95. The maximum Gasteiger partial charge on any atom is 0.248 e. The number of benzene rings is 1. The van der Waals surface area contributed by atoms with E-state index < -0.39 is 5.92 Å². The third kappa shape index (κ3) is 5.70. The molecule has 206 valence electrons. The van der Waals surface area contributed by atoms with Gasteiger partial charge in [0.25, 0.3) is 0 Å². The van der Waals surface area contributed by atoms with E-state index in [2.05, 4.69) is 57.5 Å². The Bertz CT molecular complexity index is 1090. The normalized spacial score (nSPS) is 26.4. The SMILES string of the molecule is C=Cc1nnc(C(C)C)n1C1CC2CCC(C1)N2CC[C@H](NC(=O)C1CCC(F)(F)CC1)c1ccccc1. The number of carbonyl (C=O) groups is 1. The molecule has 1 aliphatic carbocycles. The summed E-state index contributed by atoms with van der Waals surface area (Å²) in [6.07, 6.45) is 7.23. The van der Waals surface area contributed by atoms with Gasteiger partial charge in [-0.3, -0.25) is 9.69 Å². The van der Waals surface area contributed by atoms with Crippen LogP contribution in [0.5, 0.6) is 0 Å². The fourth-order valence-corrected chi connectivity index (χ4v) is 6.92. The first-order valence-electron chi connectivity index (χ1n) is 14.3. The van der Waals surface area contributed by atoms with Crippen LogP contribution in [0.2, 0.25) is 0 Å². The van der Waals surface area contributed by atoms with Crippen molar-refractivity contribution in [3.05, 3.63) is 54.1 Å². The highest BCUT2D eigenvalue weighted by atomic mass is 19.3. The molecule has 0 spiro atoms. The lowest BCUT2D eigenvalue weighted by molar-refractivity contribution is -0.130. The van der Waals surface area contributed by atoms with Crippen molar-refractivity contribution in [3.8, 4) is 0 Å². The van der Waals surface area contributed by atoms with E-state index in [1.807, 2.05) is 24.3 Å². The monoisotopic (exact) mass is 525 g/mol. The summed E-state index contributed by atoms with van der Waals surface area (Å²) in [5.41, 5.74) is 1.07. The van der Waals surface area contributed by atoms with Crippen LogP contribution in [0, 0.1) is 5.92 Å². The molecule has 2 aromatic rings. The van der Waals surface area contributed by atoms with E-state index in [-0.39, 0.29) is 43.6 Å². The molecule has 1 N–H and O–H groups in total. The van der Waals surface area contributed by atoms with Gasteiger partial charge in [-0.25, -0.2) is 8.78 Å². The molecule has 5 rings (SSSR count). The summed E-state index contributed by atoms with van der Waals surface area (Å²) < 4.78 is 29.6. The van der Waals surface area contributed by atoms with E-state index in [0.29, 0.717) is 24.0 Å². The molecular formula is C30H41F2N5O. The zero-order chi connectivity index (χ0) is 26.9. The molecular weight excluding hydrogens is 484 g/mol. The summed E-state index contributed by atoms with van der Waals surface area (Å²) in [5, 5.41) is 12.1. The number of piperidine rings is 1. The molecule has 3 heterocycles. The Morgan fingerprint density at radius 3 is 2.34 bits per heavy atom. The van der Waals surface area contributed by atoms with Gasteiger partial charge < -0.3 is 9.88 Å². The molecule has 2 aliphatic heterocycles. The van der Waals surface area contributed by atoms with Gasteiger partial charge in [-0.1, -0.05) is 50.8 Å². The summed E-state index contributed by atoms with van der Waals surface area (Å²) in [5.74, 6) is -0.843. The molecule has 1 aromatic carbocycles. The molecule has 38 heavy (non-hydrogen) atoms. The van der Waals surface area contributed by atoms with Crippen molar-refractivity contribution in [2.45, 2.75) is 108 Å². The summed E-state index contributed by atoms with van der Waals surface area (Å²) in [6, 6.07) is 11.3. The van der Waals surface area contributed by atoms with Crippen LogP contribution in [0.15, 0.2) is 36.9 Å². The molecule has 2 unspecified atom stereocenters. The number of aromatic nitrogens is 3. The van der Waals surface area contributed by atoms with Gasteiger partial charge >= 0.3 is 0 Å². The lowest BCUT2D eigenvalue weighted by atomic mass is 9.86. The van der Waals surface area contributed by atoms with Crippen molar-refractivity contribution in [3.63, 3.8) is 0 Å². The fraction of sp³-hybridized carbons (Fsp3) is 0.633. The average Bonchev–Trinajstić information content (AvgIpc) is 3.44. The molecule has 1 saturated carbocycles. The summed E-state index contributed by atoms with van der Waals surface area (Å²) in [6.45, 7) is 9.19. The van der Waals surface area contributed by atoms with E-state index in [1.165, 1.54) is 12.8 Å². The number of alkyl halides is 2. The largest absolute Gasteiger partial charge is 0.349 e. The maximum atomic E-state index is 13.6. The lowest BCUT2D eigenvalue weighted by Gasteiger charge is -2.40. The number of rotatable bonds is 9. The van der Waals surface area contributed by atoms with Gasteiger partial charge in [-0.15, -0.1) is 10.2 Å². The zero-order valence-electron chi connectivity index (χ0n) is 22.7. The van der Waals surface area contributed by atoms with Gasteiger partial charge in [0, 0.05) is 49.3 Å². The second-order valence-electron chi connectivity index (χ2n) is 11.8. The number of nitrogens with zero attached hydrogens (tertiary/aromatic N) is 4. The highest BCUT2D eigenvalue weighted by Crippen LogP contribution is 2.43. The fourth-order valence-electron chi connectivity index (χ4n) is 6.92. The van der Waals surface area contributed by atoms with Crippen LogP contribution in [0.1, 0.15) is 107 Å². The lowest BCUT2D eigenvalue weighted by Crippen LogP contribution is -2.45. The standard InChI is InChI=1S/C30H41F2N5O/c1-4-27-34-35-28(20(2)3)37(27)25-18-23-10-11-24(19-25)36(23)17-14-26(21-8-6-5-7-9-21)33-29(38)22-12-15-30(31,32)16-13-22/h4-9,20,22-26H,1,10-19H2,2-3H3,(H,33,38)/t23?,24?,25?,26-/m0/s1.